The fourth-order valence-electron chi connectivity index (χ4n) is 2.27. The smallest absolute Gasteiger partial charge is 0.272 e. The lowest BCUT2D eigenvalue weighted by Crippen LogP contribution is -2.30. The van der Waals surface area contributed by atoms with Gasteiger partial charge in [0, 0.05) is 10.6 Å². The van der Waals surface area contributed by atoms with E-state index in [-0.39, 0.29) is 11.6 Å². The molecular formula is C20H18N2O3S2. The maximum atomic E-state index is 12.7. The van der Waals surface area contributed by atoms with Crippen molar-refractivity contribution < 1.29 is 14.3 Å². The Hall–Kier alpha value is -2.90. The van der Waals surface area contributed by atoms with Gasteiger partial charge in [-0.3, -0.25) is 9.59 Å². The maximum Gasteiger partial charge on any atom is 0.272 e. The van der Waals surface area contributed by atoms with Crippen LogP contribution >= 0.6 is 22.7 Å². The molecule has 0 saturated carbocycles. The van der Waals surface area contributed by atoms with Gasteiger partial charge in [-0.1, -0.05) is 12.1 Å². The van der Waals surface area contributed by atoms with Crippen molar-refractivity contribution in [3.63, 3.8) is 0 Å². The molecule has 2 heterocycles. The Labute approximate surface area is 165 Å². The van der Waals surface area contributed by atoms with Crippen LogP contribution in [0.15, 0.2) is 65.0 Å². The second-order valence-electron chi connectivity index (χ2n) is 5.42. The Kier molecular flexibility index (Phi) is 6.40. The molecule has 138 valence electrons. The van der Waals surface area contributed by atoms with Crippen LogP contribution in [0.1, 0.15) is 21.5 Å². The summed E-state index contributed by atoms with van der Waals surface area (Å²) >= 11 is 2.81. The number of rotatable bonds is 7. The molecule has 0 radical (unpaired) electrons. The molecule has 0 fully saturated rings. The number of ether oxygens (including phenoxy) is 1. The van der Waals surface area contributed by atoms with Crippen LogP contribution in [0, 0.1) is 0 Å². The van der Waals surface area contributed by atoms with Crippen molar-refractivity contribution in [1.29, 1.82) is 0 Å². The van der Waals surface area contributed by atoms with Crippen LogP contribution in [0.25, 0.3) is 6.08 Å². The second kappa shape index (κ2) is 9.16. The first kappa shape index (κ1) is 18.9. The van der Waals surface area contributed by atoms with Gasteiger partial charge in [0.05, 0.1) is 11.5 Å². The van der Waals surface area contributed by atoms with Gasteiger partial charge in [-0.2, -0.15) is 0 Å². The summed E-state index contributed by atoms with van der Waals surface area (Å²) in [5.74, 6) is 0.0305. The summed E-state index contributed by atoms with van der Waals surface area (Å²) in [7, 11) is 0. The molecule has 2 amide bonds. The van der Waals surface area contributed by atoms with Gasteiger partial charge in [-0.25, -0.2) is 0 Å². The van der Waals surface area contributed by atoms with E-state index in [1.807, 2.05) is 29.8 Å². The molecule has 3 aromatic rings. The Morgan fingerprint density at radius 2 is 1.78 bits per heavy atom. The first-order valence-electron chi connectivity index (χ1n) is 8.30. The quantitative estimate of drug-likeness (QED) is 0.571. The third-order valence-corrected chi connectivity index (χ3v) is 5.18. The van der Waals surface area contributed by atoms with Crippen molar-refractivity contribution in [2.45, 2.75) is 6.92 Å². The van der Waals surface area contributed by atoms with E-state index < -0.39 is 5.91 Å². The highest BCUT2D eigenvalue weighted by molar-refractivity contribution is 7.12. The number of hydrogen-bond donors (Lipinski definition) is 2. The Bertz CT molecular complexity index is 915. The van der Waals surface area contributed by atoms with Crippen molar-refractivity contribution in [2.75, 3.05) is 11.9 Å². The summed E-state index contributed by atoms with van der Waals surface area (Å²) in [6, 6.07) is 14.4. The first-order valence-corrected chi connectivity index (χ1v) is 10.1. The van der Waals surface area contributed by atoms with Gasteiger partial charge in [-0.15, -0.1) is 22.7 Å². The fourth-order valence-corrected chi connectivity index (χ4v) is 3.54. The summed E-state index contributed by atoms with van der Waals surface area (Å²) in [6.07, 6.45) is 1.67. The molecule has 0 bridgehead atoms. The van der Waals surface area contributed by atoms with E-state index in [0.29, 0.717) is 17.2 Å². The lowest BCUT2D eigenvalue weighted by atomic mass is 10.2. The molecule has 0 aliphatic heterocycles. The van der Waals surface area contributed by atoms with Crippen LogP contribution in [0.4, 0.5) is 5.69 Å². The maximum absolute atomic E-state index is 12.7. The van der Waals surface area contributed by atoms with Crippen molar-refractivity contribution in [3.8, 4) is 5.75 Å². The van der Waals surface area contributed by atoms with E-state index in [0.717, 1.165) is 10.6 Å². The van der Waals surface area contributed by atoms with E-state index in [9.17, 15) is 9.59 Å². The lowest BCUT2D eigenvalue weighted by molar-refractivity contribution is -0.113. The van der Waals surface area contributed by atoms with Crippen LogP contribution in [0.3, 0.4) is 0 Å². The molecule has 2 aromatic heterocycles. The minimum Gasteiger partial charge on any atom is -0.494 e. The molecule has 7 heteroatoms. The normalized spacial score (nSPS) is 11.1. The van der Waals surface area contributed by atoms with Gasteiger partial charge in [0.1, 0.15) is 11.4 Å². The third-order valence-electron chi connectivity index (χ3n) is 3.49. The molecule has 0 unspecified atom stereocenters. The summed E-state index contributed by atoms with van der Waals surface area (Å²) in [4.78, 5) is 26.5. The SMILES string of the molecule is CCOc1ccc(NC(=O)/C(=C\c2cccs2)NC(=O)c2cccs2)cc1. The standard InChI is InChI=1S/C20H18N2O3S2/c1-2-25-15-9-7-14(8-10-15)21-19(23)17(13-16-5-3-11-26-16)22-20(24)18-6-4-12-27-18/h3-13H,2H2,1H3,(H,21,23)(H,22,24)/b17-13+. The van der Waals surface area contributed by atoms with Gasteiger partial charge in [-0.05, 0) is 60.2 Å². The Morgan fingerprint density at radius 1 is 1.04 bits per heavy atom. The third kappa shape index (κ3) is 5.29. The topological polar surface area (TPSA) is 67.4 Å². The van der Waals surface area contributed by atoms with Gasteiger partial charge in [0.25, 0.3) is 11.8 Å². The molecule has 1 aromatic carbocycles. The first-order chi connectivity index (χ1) is 13.2. The average Bonchev–Trinajstić information content (AvgIpc) is 3.37. The van der Waals surface area contributed by atoms with E-state index in [4.69, 9.17) is 4.74 Å². The highest BCUT2D eigenvalue weighted by Crippen LogP contribution is 2.18. The van der Waals surface area contributed by atoms with Crippen LogP contribution in [-0.2, 0) is 4.79 Å². The molecule has 0 saturated heterocycles. The molecule has 27 heavy (non-hydrogen) atoms. The second-order valence-corrected chi connectivity index (χ2v) is 7.34. The number of carbonyl (C=O) groups excluding carboxylic acids is 2. The van der Waals surface area contributed by atoms with Gasteiger partial charge < -0.3 is 15.4 Å². The van der Waals surface area contributed by atoms with Crippen molar-refractivity contribution >= 4 is 46.3 Å². The lowest BCUT2D eigenvalue weighted by Gasteiger charge is -2.11. The Morgan fingerprint density at radius 3 is 2.41 bits per heavy atom. The largest absolute Gasteiger partial charge is 0.494 e. The van der Waals surface area contributed by atoms with Gasteiger partial charge in [0.2, 0.25) is 0 Å². The molecule has 0 spiro atoms. The summed E-state index contributed by atoms with van der Waals surface area (Å²) < 4.78 is 5.40. The summed E-state index contributed by atoms with van der Waals surface area (Å²) in [5.41, 5.74) is 0.802. The monoisotopic (exact) mass is 398 g/mol. The zero-order valence-electron chi connectivity index (χ0n) is 14.6. The van der Waals surface area contributed by atoms with E-state index in [1.165, 1.54) is 22.7 Å². The van der Waals surface area contributed by atoms with Crippen molar-refractivity contribution in [1.82, 2.24) is 5.32 Å². The predicted molar refractivity (Wildman–Crippen MR) is 110 cm³/mol. The molecular weight excluding hydrogens is 380 g/mol. The highest BCUT2D eigenvalue weighted by Gasteiger charge is 2.16. The average molecular weight is 399 g/mol. The number of nitrogens with one attached hydrogen (secondary N) is 2. The minimum absolute atomic E-state index is 0.185. The number of amides is 2. The number of thiophene rings is 2. The summed E-state index contributed by atoms with van der Waals surface area (Å²) in [6.45, 7) is 2.49. The number of hydrogen-bond acceptors (Lipinski definition) is 5. The molecule has 3 rings (SSSR count). The summed E-state index contributed by atoms with van der Waals surface area (Å²) in [5, 5.41) is 9.25. The number of carbonyl (C=O) groups is 2. The molecule has 5 nitrogen and oxygen atoms in total. The van der Waals surface area contributed by atoms with Gasteiger partial charge >= 0.3 is 0 Å². The number of benzene rings is 1. The fraction of sp³-hybridized carbons (Fsp3) is 0.100. The van der Waals surface area contributed by atoms with Crippen molar-refractivity contribution in [3.05, 3.63) is 74.7 Å². The van der Waals surface area contributed by atoms with E-state index >= 15 is 0 Å². The number of anilines is 1. The minimum atomic E-state index is -0.391. The zero-order chi connectivity index (χ0) is 19.1. The van der Waals surface area contributed by atoms with Crippen LogP contribution in [0.5, 0.6) is 5.75 Å². The van der Waals surface area contributed by atoms with Crippen LogP contribution in [-0.4, -0.2) is 18.4 Å². The molecule has 2 N–H and O–H groups in total. The van der Waals surface area contributed by atoms with E-state index in [1.54, 1.807) is 42.5 Å². The van der Waals surface area contributed by atoms with E-state index in [2.05, 4.69) is 10.6 Å². The highest BCUT2D eigenvalue weighted by atomic mass is 32.1. The van der Waals surface area contributed by atoms with Crippen LogP contribution in [0.2, 0.25) is 0 Å². The predicted octanol–water partition coefficient (Wildman–Crippen LogP) is 4.62. The van der Waals surface area contributed by atoms with Crippen LogP contribution < -0.4 is 15.4 Å². The molecule has 0 aliphatic carbocycles. The zero-order valence-corrected chi connectivity index (χ0v) is 16.2. The molecule has 0 atom stereocenters. The van der Waals surface area contributed by atoms with Crippen molar-refractivity contribution in [2.24, 2.45) is 0 Å². The Balaban J connectivity index is 1.77. The molecule has 0 aliphatic rings. The van der Waals surface area contributed by atoms with Gasteiger partial charge in [0.15, 0.2) is 0 Å².